The molecule has 2 fully saturated rings. The van der Waals surface area contributed by atoms with Crippen LogP contribution in [0.1, 0.15) is 15.9 Å². The molecule has 2 aliphatic heterocycles. The number of carboxylic acid groups (broad SMARTS) is 1. The van der Waals surface area contributed by atoms with Gasteiger partial charge in [-0.05, 0) is 24.7 Å². The lowest BCUT2D eigenvalue weighted by atomic mass is 9.96. The molecule has 0 radical (unpaired) electrons. The van der Waals surface area contributed by atoms with Crippen molar-refractivity contribution in [2.24, 2.45) is 11.8 Å². The largest absolute Gasteiger partial charge is 0.481 e. The van der Waals surface area contributed by atoms with E-state index in [1.54, 1.807) is 18.2 Å². The Labute approximate surface area is 161 Å². The van der Waals surface area contributed by atoms with Crippen LogP contribution in [0.3, 0.4) is 0 Å². The smallest absolute Gasteiger partial charge is 0.394 e. The van der Waals surface area contributed by atoms with Gasteiger partial charge in [-0.25, -0.2) is 0 Å². The van der Waals surface area contributed by atoms with E-state index in [1.807, 2.05) is 6.07 Å². The zero-order valence-corrected chi connectivity index (χ0v) is 15.7. The van der Waals surface area contributed by atoms with Crippen LogP contribution in [-0.4, -0.2) is 84.2 Å². The molecular formula is C19H24F3N3O3. The van der Waals surface area contributed by atoms with Gasteiger partial charge in [-0.1, -0.05) is 12.1 Å². The minimum atomic E-state index is -4.65. The molecule has 2 heterocycles. The van der Waals surface area contributed by atoms with Crippen LogP contribution in [0.5, 0.6) is 0 Å². The maximum absolute atomic E-state index is 13.2. The molecule has 28 heavy (non-hydrogen) atoms. The summed E-state index contributed by atoms with van der Waals surface area (Å²) in [5.74, 6) is -5.75. The highest BCUT2D eigenvalue weighted by Gasteiger charge is 2.53. The maximum atomic E-state index is 13.2. The van der Waals surface area contributed by atoms with Crippen LogP contribution in [0.15, 0.2) is 24.3 Å². The SMILES string of the molecule is CN1CCN(Cc2cccc(C(=O)N3C[C@@H](C(F)(F)F)[C@H](C(=O)O)C3)c2)CC1. The van der Waals surface area contributed by atoms with Gasteiger partial charge < -0.3 is 14.9 Å². The number of hydrogen-bond acceptors (Lipinski definition) is 4. The summed E-state index contributed by atoms with van der Waals surface area (Å²) < 4.78 is 39.5. The molecule has 2 atom stereocenters. The second-order valence-corrected chi connectivity index (χ2v) is 7.58. The van der Waals surface area contributed by atoms with Crippen molar-refractivity contribution in [1.29, 1.82) is 0 Å². The quantitative estimate of drug-likeness (QED) is 0.836. The molecule has 6 nitrogen and oxygen atoms in total. The molecule has 9 heteroatoms. The van der Waals surface area contributed by atoms with Crippen molar-refractivity contribution in [3.8, 4) is 0 Å². The van der Waals surface area contributed by atoms with Crippen LogP contribution in [0.2, 0.25) is 0 Å². The first-order valence-corrected chi connectivity index (χ1v) is 9.24. The van der Waals surface area contributed by atoms with E-state index in [-0.39, 0.29) is 0 Å². The molecule has 2 aliphatic rings. The van der Waals surface area contributed by atoms with Crippen LogP contribution in [0, 0.1) is 11.8 Å². The van der Waals surface area contributed by atoms with E-state index < -0.39 is 43.0 Å². The monoisotopic (exact) mass is 399 g/mol. The van der Waals surface area contributed by atoms with Gasteiger partial charge in [0.05, 0.1) is 11.8 Å². The Kier molecular flexibility index (Phi) is 5.95. The normalized spacial score (nSPS) is 24.5. The van der Waals surface area contributed by atoms with Crippen molar-refractivity contribution in [3.05, 3.63) is 35.4 Å². The zero-order chi connectivity index (χ0) is 20.5. The number of amides is 1. The number of carboxylic acids is 1. The van der Waals surface area contributed by atoms with Gasteiger partial charge in [-0.2, -0.15) is 13.2 Å². The molecule has 0 aliphatic carbocycles. The lowest BCUT2D eigenvalue weighted by Crippen LogP contribution is -2.43. The molecule has 0 aromatic heterocycles. The fraction of sp³-hybridized carbons (Fsp3) is 0.579. The lowest BCUT2D eigenvalue weighted by Gasteiger charge is -2.32. The summed E-state index contributed by atoms with van der Waals surface area (Å²) in [6, 6.07) is 6.85. The third-order valence-electron chi connectivity index (χ3n) is 5.52. The minimum Gasteiger partial charge on any atom is -0.481 e. The first-order chi connectivity index (χ1) is 13.1. The fourth-order valence-corrected chi connectivity index (χ4v) is 3.80. The summed E-state index contributed by atoms with van der Waals surface area (Å²) in [5, 5.41) is 9.12. The van der Waals surface area contributed by atoms with Gasteiger partial charge in [0.2, 0.25) is 0 Å². The van der Waals surface area contributed by atoms with Gasteiger partial charge in [-0.3, -0.25) is 14.5 Å². The lowest BCUT2D eigenvalue weighted by molar-refractivity contribution is -0.187. The molecule has 1 aromatic carbocycles. The molecule has 2 saturated heterocycles. The number of carbonyl (C=O) groups excluding carboxylic acids is 1. The van der Waals surface area contributed by atoms with Crippen LogP contribution in [0.4, 0.5) is 13.2 Å². The number of piperazine rings is 1. The van der Waals surface area contributed by atoms with Crippen molar-refractivity contribution < 1.29 is 27.9 Å². The van der Waals surface area contributed by atoms with Crippen molar-refractivity contribution in [2.75, 3.05) is 46.3 Å². The predicted octanol–water partition coefficient (Wildman–Crippen LogP) is 1.77. The Morgan fingerprint density at radius 1 is 1.14 bits per heavy atom. The highest BCUT2D eigenvalue weighted by Crippen LogP contribution is 2.38. The highest BCUT2D eigenvalue weighted by molar-refractivity contribution is 5.95. The molecular weight excluding hydrogens is 375 g/mol. The number of hydrogen-bond donors (Lipinski definition) is 1. The van der Waals surface area contributed by atoms with Crippen LogP contribution in [0.25, 0.3) is 0 Å². The first-order valence-electron chi connectivity index (χ1n) is 9.24. The molecule has 0 saturated carbocycles. The molecule has 0 bridgehead atoms. The summed E-state index contributed by atoms with van der Waals surface area (Å²) in [6.07, 6.45) is -4.65. The standard InChI is InChI=1S/C19H24F3N3O3/c1-23-5-7-24(8-6-23)10-13-3-2-4-14(9-13)17(26)25-11-15(18(27)28)16(12-25)19(20,21)22/h2-4,9,15-16H,5-8,10-12H2,1H3,(H,27,28)/t15-,16-/m1/s1. The number of benzene rings is 1. The molecule has 3 rings (SSSR count). The predicted molar refractivity (Wildman–Crippen MR) is 95.8 cm³/mol. The van der Waals surface area contributed by atoms with E-state index in [1.165, 1.54) is 0 Å². The third kappa shape index (κ3) is 4.64. The molecule has 0 unspecified atom stereocenters. The number of rotatable bonds is 4. The highest BCUT2D eigenvalue weighted by atomic mass is 19.4. The summed E-state index contributed by atoms with van der Waals surface area (Å²) in [5.41, 5.74) is 1.20. The molecule has 0 spiro atoms. The Bertz CT molecular complexity index is 733. The molecule has 1 aromatic rings. The van der Waals surface area contributed by atoms with E-state index in [9.17, 15) is 22.8 Å². The summed E-state index contributed by atoms with van der Waals surface area (Å²) in [7, 11) is 2.06. The first kappa shape index (κ1) is 20.6. The Hall–Kier alpha value is -2.13. The maximum Gasteiger partial charge on any atom is 0.394 e. The van der Waals surface area contributed by atoms with E-state index in [0.29, 0.717) is 12.1 Å². The Balaban J connectivity index is 1.70. The number of halogens is 3. The van der Waals surface area contributed by atoms with Crippen molar-refractivity contribution in [1.82, 2.24) is 14.7 Å². The topological polar surface area (TPSA) is 64.1 Å². The molecule has 154 valence electrons. The number of likely N-dealkylation sites (tertiary alicyclic amines) is 1. The van der Waals surface area contributed by atoms with Crippen molar-refractivity contribution >= 4 is 11.9 Å². The molecule has 1 N–H and O–H groups in total. The van der Waals surface area contributed by atoms with E-state index in [4.69, 9.17) is 5.11 Å². The average molecular weight is 399 g/mol. The average Bonchev–Trinajstić information content (AvgIpc) is 3.09. The third-order valence-corrected chi connectivity index (χ3v) is 5.52. The second kappa shape index (κ2) is 8.08. The van der Waals surface area contributed by atoms with Gasteiger partial charge in [0.1, 0.15) is 0 Å². The van der Waals surface area contributed by atoms with Crippen molar-refractivity contribution in [3.63, 3.8) is 0 Å². The summed E-state index contributed by atoms with van der Waals surface area (Å²) in [4.78, 5) is 29.4. The molecule has 1 amide bonds. The van der Waals surface area contributed by atoms with E-state index in [2.05, 4.69) is 16.8 Å². The van der Waals surface area contributed by atoms with E-state index >= 15 is 0 Å². The number of alkyl halides is 3. The van der Waals surface area contributed by atoms with Gasteiger partial charge >= 0.3 is 12.1 Å². The van der Waals surface area contributed by atoms with Gasteiger partial charge in [0.25, 0.3) is 5.91 Å². The van der Waals surface area contributed by atoms with Gasteiger partial charge in [0, 0.05) is 51.4 Å². The van der Waals surface area contributed by atoms with Crippen LogP contribution >= 0.6 is 0 Å². The number of nitrogens with zero attached hydrogens (tertiary/aromatic N) is 3. The zero-order valence-electron chi connectivity index (χ0n) is 15.7. The Morgan fingerprint density at radius 2 is 1.82 bits per heavy atom. The number of likely N-dealkylation sites (N-methyl/N-ethyl adjacent to an activating group) is 1. The summed E-state index contributed by atoms with van der Waals surface area (Å²) >= 11 is 0. The van der Waals surface area contributed by atoms with Crippen molar-refractivity contribution in [2.45, 2.75) is 12.7 Å². The van der Waals surface area contributed by atoms with Gasteiger partial charge in [0.15, 0.2) is 0 Å². The van der Waals surface area contributed by atoms with Crippen LogP contribution < -0.4 is 0 Å². The second-order valence-electron chi connectivity index (χ2n) is 7.58. The number of aliphatic carboxylic acids is 1. The van der Waals surface area contributed by atoms with Crippen LogP contribution in [-0.2, 0) is 11.3 Å². The summed E-state index contributed by atoms with van der Waals surface area (Å²) in [6.45, 7) is 3.35. The number of carbonyl (C=O) groups is 2. The van der Waals surface area contributed by atoms with Gasteiger partial charge in [-0.15, -0.1) is 0 Å². The Morgan fingerprint density at radius 3 is 2.39 bits per heavy atom. The van der Waals surface area contributed by atoms with E-state index in [0.717, 1.165) is 36.6 Å². The minimum absolute atomic E-state index is 0.290. The fourth-order valence-electron chi connectivity index (χ4n) is 3.80.